The minimum absolute atomic E-state index is 0.0812. The molecule has 0 aliphatic rings. The van der Waals surface area contributed by atoms with Crippen LogP contribution in [0.2, 0.25) is 0 Å². The lowest BCUT2D eigenvalue weighted by Crippen LogP contribution is -2.30. The fraction of sp³-hybridized carbons (Fsp3) is 0.207. The lowest BCUT2D eigenvalue weighted by atomic mass is 10.0. The lowest BCUT2D eigenvalue weighted by Gasteiger charge is -2.14. The van der Waals surface area contributed by atoms with E-state index < -0.39 is 28.1 Å². The fourth-order valence-corrected chi connectivity index (χ4v) is 4.35. The van der Waals surface area contributed by atoms with Crippen molar-refractivity contribution in [3.05, 3.63) is 95.7 Å². The highest BCUT2D eigenvalue weighted by Gasteiger charge is 2.20. The maximum Gasteiger partial charge on any atom is 0.412 e. The third kappa shape index (κ3) is 7.78. The van der Waals surface area contributed by atoms with E-state index in [4.69, 9.17) is 13.8 Å². The van der Waals surface area contributed by atoms with Crippen LogP contribution in [0.3, 0.4) is 0 Å². The second-order valence-corrected chi connectivity index (χ2v) is 10.7. The average molecular weight is 564 g/mol. The summed E-state index contributed by atoms with van der Waals surface area (Å²) < 4.78 is 41.3. The Balaban J connectivity index is 1.38. The Morgan fingerprint density at radius 3 is 2.17 bits per heavy atom. The van der Waals surface area contributed by atoms with Crippen molar-refractivity contribution < 1.29 is 31.8 Å². The highest BCUT2D eigenvalue weighted by atomic mass is 32.2. The predicted octanol–water partition coefficient (Wildman–Crippen LogP) is 5.17. The molecule has 0 saturated carbocycles. The Morgan fingerprint density at radius 1 is 0.950 bits per heavy atom. The summed E-state index contributed by atoms with van der Waals surface area (Å²) in [6.45, 7) is 3.37. The van der Waals surface area contributed by atoms with E-state index in [9.17, 15) is 18.0 Å². The molecule has 208 valence electrons. The van der Waals surface area contributed by atoms with Gasteiger partial charge in [-0.1, -0.05) is 84.0 Å². The predicted molar refractivity (Wildman–Crippen MR) is 150 cm³/mol. The van der Waals surface area contributed by atoms with Crippen LogP contribution in [0.5, 0.6) is 0 Å². The van der Waals surface area contributed by atoms with Crippen molar-refractivity contribution in [1.29, 1.82) is 0 Å². The summed E-state index contributed by atoms with van der Waals surface area (Å²) in [5.41, 5.74) is 5.14. The summed E-state index contributed by atoms with van der Waals surface area (Å²) >= 11 is 0. The maximum absolute atomic E-state index is 12.6. The number of ether oxygens (including phenoxy) is 1. The van der Waals surface area contributed by atoms with Crippen molar-refractivity contribution >= 4 is 27.8 Å². The van der Waals surface area contributed by atoms with Crippen molar-refractivity contribution in [1.82, 2.24) is 10.5 Å². The maximum atomic E-state index is 12.6. The third-order valence-corrected chi connectivity index (χ3v) is 6.84. The molecule has 4 aromatic rings. The number of nitrogens with one attached hydrogen (secondary N) is 2. The van der Waals surface area contributed by atoms with Crippen molar-refractivity contribution in [2.24, 2.45) is 0 Å². The van der Waals surface area contributed by atoms with E-state index in [1.54, 1.807) is 13.8 Å². The van der Waals surface area contributed by atoms with Crippen LogP contribution in [0.25, 0.3) is 22.5 Å². The number of aromatic nitrogens is 1. The standard InChI is InChI=1S/C29H29N3O7S/c1-19-27(31-29(34)38-20(2)22-6-4-3-5-7-22)28(39-32-19)25-14-12-24(13-15-25)23-10-8-21(9-11-23)18-26(33)30-16-17-40(35,36)37/h3-15,20H,16-18H2,1-2H3,(H,30,33)(H,31,34)(H,35,36,37). The van der Waals surface area contributed by atoms with Gasteiger partial charge in [0.1, 0.15) is 17.5 Å². The fourth-order valence-electron chi connectivity index (χ4n) is 3.99. The minimum Gasteiger partial charge on any atom is -0.441 e. The molecular formula is C29H29N3O7S. The SMILES string of the molecule is Cc1noc(-c2ccc(-c3ccc(CC(=O)NCCS(=O)(=O)O)cc3)cc2)c1NC(=O)OC(C)c1ccccc1. The van der Waals surface area contributed by atoms with E-state index >= 15 is 0 Å². The van der Waals surface area contributed by atoms with E-state index in [2.05, 4.69) is 15.8 Å². The number of nitrogens with zero attached hydrogens (tertiary/aromatic N) is 1. The number of aryl methyl sites for hydroxylation is 1. The van der Waals surface area contributed by atoms with E-state index in [1.807, 2.05) is 78.9 Å². The zero-order valence-electron chi connectivity index (χ0n) is 22.0. The number of anilines is 1. The lowest BCUT2D eigenvalue weighted by molar-refractivity contribution is -0.120. The Bertz CT molecular complexity index is 1570. The monoisotopic (exact) mass is 563 g/mol. The first-order valence-electron chi connectivity index (χ1n) is 12.5. The summed E-state index contributed by atoms with van der Waals surface area (Å²) in [4.78, 5) is 24.6. The number of carbonyl (C=O) groups is 2. The van der Waals surface area contributed by atoms with Gasteiger partial charge in [-0.15, -0.1) is 0 Å². The number of hydrogen-bond acceptors (Lipinski definition) is 7. The van der Waals surface area contributed by atoms with Crippen molar-refractivity contribution in [2.75, 3.05) is 17.6 Å². The average Bonchev–Trinajstić information content (AvgIpc) is 3.28. The van der Waals surface area contributed by atoms with Gasteiger partial charge in [0, 0.05) is 12.1 Å². The third-order valence-electron chi connectivity index (χ3n) is 6.12. The first-order valence-corrected chi connectivity index (χ1v) is 14.1. The van der Waals surface area contributed by atoms with Gasteiger partial charge in [-0.25, -0.2) is 4.79 Å². The van der Waals surface area contributed by atoms with Gasteiger partial charge in [0.15, 0.2) is 5.76 Å². The molecule has 3 N–H and O–H groups in total. The molecule has 2 amide bonds. The Morgan fingerprint density at radius 2 is 1.55 bits per heavy atom. The normalized spacial score (nSPS) is 12.0. The molecule has 1 unspecified atom stereocenters. The summed E-state index contributed by atoms with van der Waals surface area (Å²) in [5, 5.41) is 9.23. The van der Waals surface area contributed by atoms with Crippen LogP contribution in [-0.2, 0) is 26.1 Å². The molecule has 0 aliphatic carbocycles. The highest BCUT2D eigenvalue weighted by Crippen LogP contribution is 2.33. The Labute approximate surface area is 232 Å². The Kier molecular flexibility index (Phi) is 8.97. The molecule has 0 spiro atoms. The number of rotatable bonds is 10. The van der Waals surface area contributed by atoms with Gasteiger partial charge in [-0.3, -0.25) is 14.7 Å². The molecule has 1 heterocycles. The van der Waals surface area contributed by atoms with Crippen LogP contribution in [0, 0.1) is 6.92 Å². The van der Waals surface area contributed by atoms with Crippen molar-refractivity contribution in [3.63, 3.8) is 0 Å². The molecule has 0 bridgehead atoms. The van der Waals surface area contributed by atoms with E-state index in [0.29, 0.717) is 22.7 Å². The quantitative estimate of drug-likeness (QED) is 0.224. The van der Waals surface area contributed by atoms with Crippen LogP contribution < -0.4 is 10.6 Å². The Hall–Kier alpha value is -4.48. The van der Waals surface area contributed by atoms with E-state index in [-0.39, 0.29) is 18.9 Å². The van der Waals surface area contributed by atoms with Crippen LogP contribution >= 0.6 is 0 Å². The number of carbonyl (C=O) groups excluding carboxylic acids is 2. The molecule has 0 aliphatic heterocycles. The molecule has 11 heteroatoms. The summed E-state index contributed by atoms with van der Waals surface area (Å²) in [7, 11) is -4.12. The van der Waals surface area contributed by atoms with Crippen LogP contribution in [0.1, 0.15) is 29.8 Å². The van der Waals surface area contributed by atoms with Gasteiger partial charge in [0.2, 0.25) is 5.91 Å². The van der Waals surface area contributed by atoms with Crippen molar-refractivity contribution in [2.45, 2.75) is 26.4 Å². The second-order valence-electron chi connectivity index (χ2n) is 9.14. The smallest absolute Gasteiger partial charge is 0.412 e. The van der Waals surface area contributed by atoms with Gasteiger partial charge in [-0.05, 0) is 36.1 Å². The first kappa shape index (κ1) is 28.5. The van der Waals surface area contributed by atoms with Crippen LogP contribution in [-0.4, -0.2) is 42.4 Å². The van der Waals surface area contributed by atoms with E-state index in [1.165, 1.54) is 0 Å². The topological polar surface area (TPSA) is 148 Å². The molecule has 1 atom stereocenters. The van der Waals surface area contributed by atoms with E-state index in [0.717, 1.165) is 22.3 Å². The molecule has 0 radical (unpaired) electrons. The molecule has 1 aromatic heterocycles. The van der Waals surface area contributed by atoms with Gasteiger partial charge >= 0.3 is 6.09 Å². The number of hydrogen-bond donors (Lipinski definition) is 3. The zero-order chi connectivity index (χ0) is 28.7. The summed E-state index contributed by atoms with van der Waals surface area (Å²) in [6.07, 6.45) is -0.972. The van der Waals surface area contributed by atoms with Crippen LogP contribution in [0.15, 0.2) is 83.4 Å². The molecule has 40 heavy (non-hydrogen) atoms. The van der Waals surface area contributed by atoms with Gasteiger partial charge in [0.05, 0.1) is 12.2 Å². The summed E-state index contributed by atoms with van der Waals surface area (Å²) in [5.74, 6) is -0.467. The second kappa shape index (κ2) is 12.6. The molecule has 0 saturated heterocycles. The molecular weight excluding hydrogens is 534 g/mol. The van der Waals surface area contributed by atoms with Gasteiger partial charge < -0.3 is 14.6 Å². The zero-order valence-corrected chi connectivity index (χ0v) is 22.8. The number of benzene rings is 3. The number of amides is 2. The molecule has 10 nitrogen and oxygen atoms in total. The minimum atomic E-state index is -4.12. The highest BCUT2D eigenvalue weighted by molar-refractivity contribution is 7.85. The van der Waals surface area contributed by atoms with Crippen LogP contribution in [0.4, 0.5) is 10.5 Å². The summed E-state index contributed by atoms with van der Waals surface area (Å²) in [6, 6.07) is 24.3. The first-order chi connectivity index (χ1) is 19.1. The largest absolute Gasteiger partial charge is 0.441 e. The molecule has 0 fully saturated rings. The molecule has 3 aromatic carbocycles. The van der Waals surface area contributed by atoms with Crippen molar-refractivity contribution in [3.8, 4) is 22.5 Å². The van der Waals surface area contributed by atoms with Gasteiger partial charge in [0.25, 0.3) is 10.1 Å². The molecule has 4 rings (SSSR count). The van der Waals surface area contributed by atoms with Gasteiger partial charge in [-0.2, -0.15) is 8.42 Å².